The van der Waals surface area contributed by atoms with Crippen molar-refractivity contribution in [1.82, 2.24) is 74.2 Å². The second-order valence-corrected chi connectivity index (χ2v) is 31.6. The molecule has 8 aromatic heterocycles. The SMILES string of the molecule is CCCN(CCC)c1ccc(N=C2C(C)=Nn3nc(-c4ccc5ccccc5n4)nc32)c(CO)c1.CCN(CC)c1ccc(N=C2C(C(C)(C)F)=Nn3nc(-c4nccs4)nc32)c(C)c1.CCN(CC)c1ccc(N=C2C(COC=O)=Nn3nc(-c4ccccn4)nc32)c(C)c1.CCN(CCO)c1ccc(N=C2C(C(C)N=C=O)=Nn3cc(-c4ccccn4)nc32)c(C)c1. The van der Waals surface area contributed by atoms with Crippen molar-refractivity contribution in [2.24, 2.45) is 45.4 Å². The molecule has 660 valence electrons. The first-order valence-corrected chi connectivity index (χ1v) is 43.8. The van der Waals surface area contributed by atoms with Crippen LogP contribution in [0, 0.1) is 20.8 Å². The predicted octanol–water partition coefficient (Wildman–Crippen LogP) is 15.8. The van der Waals surface area contributed by atoms with Gasteiger partial charge in [-0.3, -0.25) is 14.8 Å². The summed E-state index contributed by atoms with van der Waals surface area (Å²) in [6.45, 7) is 34.9. The Hall–Kier alpha value is -14.7. The number of fused-ring (bicyclic) bond motifs is 5. The molecule has 0 spiro atoms. The monoisotopic (exact) mass is 1750 g/mol. The quantitative estimate of drug-likeness (QED) is 0.0240. The van der Waals surface area contributed by atoms with E-state index in [4.69, 9.17) is 39.7 Å². The summed E-state index contributed by atoms with van der Waals surface area (Å²) in [6, 6.07) is 46.8. The van der Waals surface area contributed by atoms with Crippen LogP contribution in [0.15, 0.2) is 221 Å². The minimum atomic E-state index is -1.68. The Bertz CT molecular complexity index is 6520. The van der Waals surface area contributed by atoms with Gasteiger partial charge in [0.15, 0.2) is 16.5 Å². The van der Waals surface area contributed by atoms with Gasteiger partial charge in [-0.15, -0.1) is 51.2 Å². The zero-order valence-corrected chi connectivity index (χ0v) is 75.3. The summed E-state index contributed by atoms with van der Waals surface area (Å²) in [5, 5.41) is 54.3. The average molecular weight is 1750 g/mol. The minimum Gasteiger partial charge on any atom is -0.461 e. The van der Waals surface area contributed by atoms with Crippen molar-refractivity contribution in [3.8, 4) is 45.3 Å². The Balaban J connectivity index is 0.000000139. The molecule has 129 heavy (non-hydrogen) atoms. The molecule has 0 saturated carbocycles. The number of likely N-dealkylation sites (N-methyl/N-ethyl adjacent to an activating group) is 1. The number of benzene rings is 5. The minimum absolute atomic E-state index is 0.0110. The van der Waals surface area contributed by atoms with E-state index in [0.29, 0.717) is 116 Å². The van der Waals surface area contributed by atoms with Gasteiger partial charge >= 0.3 is 0 Å². The second kappa shape index (κ2) is 41.2. The van der Waals surface area contributed by atoms with Crippen LogP contribution in [-0.2, 0) is 20.9 Å². The van der Waals surface area contributed by atoms with E-state index in [9.17, 15) is 24.2 Å². The maximum Gasteiger partial charge on any atom is 0.293 e. The lowest BCUT2D eigenvalue weighted by molar-refractivity contribution is -0.127. The fraction of sp³-hybridized carbons (Fsp3) is 0.309. The number of pyridine rings is 3. The standard InChI is InChI=1S/C27H29N7O.C24H25N7O2.C22H23N7O2.C21H24FN7S/c1-4-14-33(15-5-2)21-11-13-23(20(16-21)17-35)29-25-18(3)31-34-27(25)30-26(32-34)24-12-10-19-8-6-7-9-22(19)28-24;1-4-30(11-12-32)18-8-9-19(16(2)13-18)27-23-22(17(3)26-15-33)29-31-14-21(28-24(23)31)20-7-5-6-10-25-20;1-4-28(5-2)16-9-10-17(15(3)12-16)24-20-19(13-31-14-30)26-29-22(20)25-21(27-29)18-8-6-7-11-23-18;1-6-28(7-2)14-8-9-15(13(3)12-14)24-16-17(21(4,5)22)26-29-19(16)25-18(27-29)20-23-10-11-30-20/h6-13,16,35H,4-5,14-15,17H2,1-3H3;5-10,13-14,17,32H,4,11-12H2,1-3H3;6-12,14H,4-5,13H2,1-3H3;8-12H,6-7H2,1-5H3. The Morgan fingerprint density at radius 1 is 0.519 bits per heavy atom. The lowest BCUT2D eigenvalue weighted by Gasteiger charge is -2.24. The Labute approximate surface area is 750 Å². The molecule has 4 aliphatic rings. The highest BCUT2D eigenvalue weighted by molar-refractivity contribution is 7.13. The van der Waals surface area contributed by atoms with E-state index in [1.807, 2.05) is 161 Å². The second-order valence-electron chi connectivity index (χ2n) is 30.7. The van der Waals surface area contributed by atoms with E-state index in [1.54, 1.807) is 42.5 Å². The number of isocyanates is 1. The molecule has 1 unspecified atom stereocenters. The van der Waals surface area contributed by atoms with Crippen LogP contribution in [-0.4, -0.2) is 220 Å². The van der Waals surface area contributed by atoms with E-state index in [2.05, 4.69) is 151 Å². The number of hydrogen-bond acceptors (Lipinski definition) is 30. The molecule has 5 aromatic carbocycles. The van der Waals surface area contributed by atoms with Crippen LogP contribution in [0.2, 0.25) is 0 Å². The molecule has 33 nitrogen and oxygen atoms in total. The smallest absolute Gasteiger partial charge is 0.293 e. The first-order valence-electron chi connectivity index (χ1n) is 42.9. The maximum atomic E-state index is 14.9. The number of aromatic nitrogens is 15. The highest BCUT2D eigenvalue weighted by Gasteiger charge is 2.39. The molecule has 2 N–H and O–H groups in total. The van der Waals surface area contributed by atoms with Crippen molar-refractivity contribution in [2.45, 2.75) is 128 Å². The van der Waals surface area contributed by atoms with Gasteiger partial charge in [-0.25, -0.2) is 63.7 Å². The average Bonchev–Trinajstić information content (AvgIpc) is 1.61. The number of alkyl halides is 1. The van der Waals surface area contributed by atoms with Gasteiger partial charge in [0, 0.05) is 110 Å². The molecule has 4 aliphatic heterocycles. The van der Waals surface area contributed by atoms with Gasteiger partial charge in [0.1, 0.15) is 69.7 Å². The molecule has 12 heterocycles. The molecule has 0 bridgehead atoms. The molecule has 0 saturated heterocycles. The first-order chi connectivity index (χ1) is 62.6. The fourth-order valence-electron chi connectivity index (χ4n) is 14.8. The molecule has 17 rings (SSSR count). The third-order valence-electron chi connectivity index (χ3n) is 21.5. The third kappa shape index (κ3) is 20.4. The molecule has 0 aliphatic carbocycles. The number of carbonyl (C=O) groups excluding carboxylic acids is 2. The van der Waals surface area contributed by atoms with Crippen molar-refractivity contribution in [3.05, 3.63) is 221 Å². The van der Waals surface area contributed by atoms with Crippen LogP contribution in [0.1, 0.15) is 135 Å². The van der Waals surface area contributed by atoms with Crippen molar-refractivity contribution in [3.63, 3.8) is 0 Å². The molecule has 0 fully saturated rings. The molecule has 1 atom stereocenters. The number of aliphatic imine (C=N–C) groups is 5. The molecule has 0 amide bonds. The highest BCUT2D eigenvalue weighted by atomic mass is 32.1. The largest absolute Gasteiger partial charge is 0.461 e. The number of para-hydroxylation sites is 1. The maximum absolute atomic E-state index is 14.9. The summed E-state index contributed by atoms with van der Waals surface area (Å²) in [7, 11) is 0. The summed E-state index contributed by atoms with van der Waals surface area (Å²) < 4.78 is 21.5. The summed E-state index contributed by atoms with van der Waals surface area (Å²) in [6.07, 6.45) is 10.6. The van der Waals surface area contributed by atoms with Gasteiger partial charge in [-0.05, 0) is 222 Å². The van der Waals surface area contributed by atoms with Crippen molar-refractivity contribution in [1.29, 1.82) is 0 Å². The van der Waals surface area contributed by atoms with E-state index in [0.717, 1.165) is 143 Å². The summed E-state index contributed by atoms with van der Waals surface area (Å²) in [5.41, 5.74) is 17.3. The number of halogens is 1. The molecule has 35 heteroatoms. The first kappa shape index (κ1) is 90.6. The van der Waals surface area contributed by atoms with E-state index >= 15 is 0 Å². The van der Waals surface area contributed by atoms with Crippen molar-refractivity contribution >= 4 is 126 Å². The lowest BCUT2D eigenvalue weighted by Crippen LogP contribution is -2.32. The van der Waals surface area contributed by atoms with Crippen molar-refractivity contribution in [2.75, 3.05) is 85.2 Å². The number of hydrogen-bond donors (Lipinski definition) is 2. The predicted molar refractivity (Wildman–Crippen MR) is 508 cm³/mol. The number of aliphatic hydroxyl groups excluding tert-OH is 2. The molecule has 13 aromatic rings. The van der Waals surface area contributed by atoms with Gasteiger partial charge in [-0.1, -0.05) is 50.2 Å². The van der Waals surface area contributed by atoms with Crippen LogP contribution in [0.25, 0.3) is 56.2 Å². The summed E-state index contributed by atoms with van der Waals surface area (Å²) in [4.78, 5) is 94.2. The van der Waals surface area contributed by atoms with Crippen LogP contribution < -0.4 is 19.6 Å². The Kier molecular flexibility index (Phi) is 28.9. The van der Waals surface area contributed by atoms with Gasteiger partial charge in [0.2, 0.25) is 41.0 Å². The van der Waals surface area contributed by atoms with E-state index in [-0.39, 0.29) is 25.5 Å². The number of aryl methyl sites for hydroxylation is 3. The van der Waals surface area contributed by atoms with E-state index < -0.39 is 11.7 Å². The molecule has 0 radical (unpaired) electrons. The number of nitrogens with zero attached hydrogens (tertiary/aromatic N) is 28. The third-order valence-corrected chi connectivity index (χ3v) is 22.2. The number of anilines is 4. The van der Waals surface area contributed by atoms with Gasteiger partial charge < -0.3 is 34.5 Å². The Morgan fingerprint density at radius 2 is 1.05 bits per heavy atom. The van der Waals surface area contributed by atoms with Gasteiger partial charge in [0.25, 0.3) is 6.47 Å². The number of thiazole rings is 1. The van der Waals surface area contributed by atoms with Crippen LogP contribution >= 0.6 is 11.3 Å². The number of ether oxygens (including phenoxy) is 1. The number of imidazole rings is 1. The number of aliphatic hydroxyl groups is 2. The molecular weight excluding hydrogens is 1650 g/mol. The van der Waals surface area contributed by atoms with Gasteiger partial charge in [0.05, 0.1) is 59.1 Å². The Morgan fingerprint density at radius 3 is 1.62 bits per heavy atom. The summed E-state index contributed by atoms with van der Waals surface area (Å²) >= 11 is 1.44. The fourth-order valence-corrected chi connectivity index (χ4v) is 15.4. The lowest BCUT2D eigenvalue weighted by atomic mass is 10.0. The van der Waals surface area contributed by atoms with Crippen LogP contribution in [0.4, 0.5) is 49.9 Å². The summed E-state index contributed by atoms with van der Waals surface area (Å²) in [5.74, 6) is 3.46. The zero-order valence-electron chi connectivity index (χ0n) is 74.5. The number of carbonyl (C=O) groups is 1. The van der Waals surface area contributed by atoms with E-state index in [1.165, 1.54) is 39.6 Å². The highest BCUT2D eigenvalue weighted by Crippen LogP contribution is 2.36. The van der Waals surface area contributed by atoms with Crippen LogP contribution in [0.5, 0.6) is 0 Å². The van der Waals surface area contributed by atoms with Gasteiger partial charge in [-0.2, -0.15) is 15.2 Å². The number of rotatable bonds is 30. The van der Waals surface area contributed by atoms with Crippen molar-refractivity contribution < 1.29 is 28.9 Å². The van der Waals surface area contributed by atoms with Crippen LogP contribution in [0.3, 0.4) is 0 Å². The normalized spacial score (nSPS) is 14.3. The molecular formula is C94H101FN28O5S. The zero-order chi connectivity index (χ0) is 91.0. The topological polar surface area (TPSA) is 370 Å².